The van der Waals surface area contributed by atoms with Gasteiger partial charge in [0.05, 0.1) is 0 Å². The van der Waals surface area contributed by atoms with E-state index in [9.17, 15) is 0 Å². The number of aryl methyl sites for hydroxylation is 2. The van der Waals surface area contributed by atoms with Crippen LogP contribution in [0.3, 0.4) is 0 Å². The first-order valence-electron chi connectivity index (χ1n) is 5.09. The molecule has 0 unspecified atom stereocenters. The predicted molar refractivity (Wildman–Crippen MR) is 62.4 cm³/mol. The fraction of sp³-hybridized carbons (Fsp3) is 0.231. The molecule has 1 aromatic heterocycles. The van der Waals surface area contributed by atoms with Gasteiger partial charge in [-0.25, -0.2) is 4.98 Å². The van der Waals surface area contributed by atoms with Crippen molar-refractivity contribution in [2.45, 2.75) is 13.3 Å². The molecule has 2 rings (SSSR count). The van der Waals surface area contributed by atoms with Gasteiger partial charge in [-0.2, -0.15) is 0 Å². The van der Waals surface area contributed by atoms with Gasteiger partial charge in [-0.1, -0.05) is 17.7 Å². The standard InChI is InChI=1S/C13H15N2/c1-4-11-6-5-10(2)9-12(11)13-14-7-8-15(13)3/h5-9H,1,4H2,2-3H3. The zero-order chi connectivity index (χ0) is 10.8. The second-order valence-corrected chi connectivity index (χ2v) is 3.77. The van der Waals surface area contributed by atoms with E-state index in [0.717, 1.165) is 12.2 Å². The molecule has 0 spiro atoms. The SMILES string of the molecule is [CH2]Cc1ccc(C)cc1-c1nccn1C. The molecule has 0 N–H and O–H groups in total. The quantitative estimate of drug-likeness (QED) is 0.727. The lowest BCUT2D eigenvalue weighted by Gasteiger charge is -2.08. The lowest BCUT2D eigenvalue weighted by Crippen LogP contribution is -1.96. The molecule has 0 fully saturated rings. The predicted octanol–water partition coefficient (Wildman–Crippen LogP) is 2.77. The van der Waals surface area contributed by atoms with Crippen molar-refractivity contribution < 1.29 is 0 Å². The highest BCUT2D eigenvalue weighted by molar-refractivity contribution is 5.62. The van der Waals surface area contributed by atoms with Crippen LogP contribution in [0.1, 0.15) is 11.1 Å². The number of imidazole rings is 1. The van der Waals surface area contributed by atoms with Crippen LogP contribution in [0.5, 0.6) is 0 Å². The van der Waals surface area contributed by atoms with Gasteiger partial charge in [0.15, 0.2) is 0 Å². The van der Waals surface area contributed by atoms with Crippen molar-refractivity contribution in [2.75, 3.05) is 0 Å². The van der Waals surface area contributed by atoms with Crippen LogP contribution in [-0.2, 0) is 13.5 Å². The lowest BCUT2D eigenvalue weighted by atomic mass is 10.0. The average Bonchev–Trinajstić information content (AvgIpc) is 2.64. The van der Waals surface area contributed by atoms with Gasteiger partial charge in [0.25, 0.3) is 0 Å². The van der Waals surface area contributed by atoms with Crippen molar-refractivity contribution in [3.63, 3.8) is 0 Å². The molecule has 1 aromatic carbocycles. The smallest absolute Gasteiger partial charge is 0.139 e. The Kier molecular flexibility index (Phi) is 2.58. The Morgan fingerprint density at radius 2 is 2.20 bits per heavy atom. The van der Waals surface area contributed by atoms with Crippen molar-refractivity contribution in [3.05, 3.63) is 48.6 Å². The summed E-state index contributed by atoms with van der Waals surface area (Å²) in [6, 6.07) is 6.42. The van der Waals surface area contributed by atoms with Crippen LogP contribution in [0.15, 0.2) is 30.6 Å². The minimum absolute atomic E-state index is 0.794. The second kappa shape index (κ2) is 3.89. The zero-order valence-electron chi connectivity index (χ0n) is 9.20. The van der Waals surface area contributed by atoms with Gasteiger partial charge in [-0.3, -0.25) is 0 Å². The van der Waals surface area contributed by atoms with Crippen LogP contribution in [0.25, 0.3) is 11.4 Å². The zero-order valence-corrected chi connectivity index (χ0v) is 9.20. The summed E-state index contributed by atoms with van der Waals surface area (Å²) >= 11 is 0. The first-order valence-corrected chi connectivity index (χ1v) is 5.09. The summed E-state index contributed by atoms with van der Waals surface area (Å²) in [5.41, 5.74) is 3.69. The summed E-state index contributed by atoms with van der Waals surface area (Å²) in [4.78, 5) is 4.37. The molecule has 2 aromatic rings. The average molecular weight is 199 g/mol. The number of rotatable bonds is 2. The van der Waals surface area contributed by atoms with E-state index in [1.54, 1.807) is 0 Å². The molecule has 0 bridgehead atoms. The van der Waals surface area contributed by atoms with E-state index in [4.69, 9.17) is 0 Å². The van der Waals surface area contributed by atoms with E-state index in [1.807, 2.05) is 24.0 Å². The van der Waals surface area contributed by atoms with Crippen LogP contribution in [-0.4, -0.2) is 9.55 Å². The summed E-state index contributed by atoms with van der Waals surface area (Å²) in [7, 11) is 2.01. The Bertz CT molecular complexity index is 469. The fourth-order valence-corrected chi connectivity index (χ4v) is 1.74. The molecular formula is C13H15N2. The fourth-order valence-electron chi connectivity index (χ4n) is 1.74. The highest BCUT2D eigenvalue weighted by atomic mass is 15.0. The van der Waals surface area contributed by atoms with Crippen LogP contribution in [0, 0.1) is 13.8 Å². The number of aromatic nitrogens is 2. The van der Waals surface area contributed by atoms with Crippen molar-refractivity contribution >= 4 is 0 Å². The van der Waals surface area contributed by atoms with Gasteiger partial charge < -0.3 is 4.57 Å². The van der Waals surface area contributed by atoms with Crippen molar-refractivity contribution in [1.82, 2.24) is 9.55 Å². The van der Waals surface area contributed by atoms with E-state index in [0.29, 0.717) is 0 Å². The Labute approximate surface area is 90.6 Å². The third-order valence-electron chi connectivity index (χ3n) is 2.60. The monoisotopic (exact) mass is 199 g/mol. The molecule has 2 nitrogen and oxygen atoms in total. The summed E-state index contributed by atoms with van der Waals surface area (Å²) in [5, 5.41) is 0. The molecule has 0 atom stereocenters. The van der Waals surface area contributed by atoms with Gasteiger partial charge in [0.1, 0.15) is 5.82 Å². The Hall–Kier alpha value is -1.57. The molecule has 1 heterocycles. The molecule has 0 aliphatic carbocycles. The molecule has 77 valence electrons. The molecular weight excluding hydrogens is 184 g/mol. The van der Waals surface area contributed by atoms with Crippen LogP contribution < -0.4 is 0 Å². The topological polar surface area (TPSA) is 17.8 Å². The molecule has 0 amide bonds. The molecule has 1 radical (unpaired) electrons. The Morgan fingerprint density at radius 3 is 2.80 bits per heavy atom. The minimum Gasteiger partial charge on any atom is -0.334 e. The van der Waals surface area contributed by atoms with Gasteiger partial charge in [-0.05, 0) is 31.9 Å². The highest BCUT2D eigenvalue weighted by Crippen LogP contribution is 2.23. The Balaban J connectivity index is 2.60. The van der Waals surface area contributed by atoms with Gasteiger partial charge in [0.2, 0.25) is 0 Å². The summed E-state index contributed by atoms with van der Waals surface area (Å²) in [6.07, 6.45) is 4.58. The van der Waals surface area contributed by atoms with Crippen molar-refractivity contribution in [1.29, 1.82) is 0 Å². The van der Waals surface area contributed by atoms with Crippen molar-refractivity contribution in [3.8, 4) is 11.4 Å². The first kappa shape index (κ1) is 9.97. The van der Waals surface area contributed by atoms with Gasteiger partial charge >= 0.3 is 0 Å². The second-order valence-electron chi connectivity index (χ2n) is 3.77. The van der Waals surface area contributed by atoms with Gasteiger partial charge in [-0.15, -0.1) is 0 Å². The number of hydrogen-bond acceptors (Lipinski definition) is 1. The number of hydrogen-bond donors (Lipinski definition) is 0. The normalized spacial score (nSPS) is 10.6. The summed E-state index contributed by atoms with van der Waals surface area (Å²) in [5.74, 6) is 1.01. The van der Waals surface area contributed by atoms with E-state index in [1.165, 1.54) is 16.7 Å². The molecule has 0 saturated carbocycles. The maximum atomic E-state index is 4.37. The highest BCUT2D eigenvalue weighted by Gasteiger charge is 2.07. The van der Waals surface area contributed by atoms with E-state index >= 15 is 0 Å². The third kappa shape index (κ3) is 1.80. The van der Waals surface area contributed by atoms with E-state index in [2.05, 4.69) is 37.0 Å². The molecule has 0 saturated heterocycles. The maximum absolute atomic E-state index is 4.37. The summed E-state index contributed by atoms with van der Waals surface area (Å²) < 4.78 is 2.04. The Morgan fingerprint density at radius 1 is 1.40 bits per heavy atom. The van der Waals surface area contributed by atoms with Gasteiger partial charge in [0, 0.05) is 25.0 Å². The molecule has 15 heavy (non-hydrogen) atoms. The number of benzene rings is 1. The minimum atomic E-state index is 0.794. The summed E-state index contributed by atoms with van der Waals surface area (Å²) in [6.45, 7) is 6.05. The largest absolute Gasteiger partial charge is 0.334 e. The van der Waals surface area contributed by atoms with E-state index in [-0.39, 0.29) is 0 Å². The first-order chi connectivity index (χ1) is 7.22. The molecule has 0 aliphatic rings. The number of nitrogens with zero attached hydrogens (tertiary/aromatic N) is 2. The van der Waals surface area contributed by atoms with Crippen LogP contribution in [0.2, 0.25) is 0 Å². The third-order valence-corrected chi connectivity index (χ3v) is 2.60. The lowest BCUT2D eigenvalue weighted by molar-refractivity contribution is 0.922. The molecule has 2 heteroatoms. The van der Waals surface area contributed by atoms with Crippen LogP contribution in [0.4, 0.5) is 0 Å². The maximum Gasteiger partial charge on any atom is 0.139 e. The van der Waals surface area contributed by atoms with Crippen molar-refractivity contribution in [2.24, 2.45) is 7.05 Å². The van der Waals surface area contributed by atoms with Crippen LogP contribution >= 0.6 is 0 Å². The molecule has 0 aliphatic heterocycles. The van der Waals surface area contributed by atoms with E-state index < -0.39 is 0 Å².